The van der Waals surface area contributed by atoms with Crippen LogP contribution in [0.15, 0.2) is 53.9 Å². The van der Waals surface area contributed by atoms with E-state index in [9.17, 15) is 4.79 Å². The van der Waals surface area contributed by atoms with E-state index in [1.807, 2.05) is 47.9 Å². The highest BCUT2D eigenvalue weighted by Gasteiger charge is 2.31. The van der Waals surface area contributed by atoms with Gasteiger partial charge in [0.05, 0.1) is 18.9 Å². The SMILES string of the molecule is CCOc1ccccc1-n1c(S[C@@H]2CCOC2=O)nnc1-c1cccnc1. The molecule has 1 aliphatic heterocycles. The first-order chi connectivity index (χ1) is 13.3. The van der Waals surface area contributed by atoms with Gasteiger partial charge in [-0.3, -0.25) is 14.3 Å². The molecular formula is C19H18N4O3S. The molecule has 1 aliphatic rings. The van der Waals surface area contributed by atoms with E-state index >= 15 is 0 Å². The quantitative estimate of drug-likeness (QED) is 0.606. The van der Waals surface area contributed by atoms with Crippen LogP contribution >= 0.6 is 11.8 Å². The summed E-state index contributed by atoms with van der Waals surface area (Å²) < 4.78 is 12.8. The van der Waals surface area contributed by atoms with Gasteiger partial charge in [-0.2, -0.15) is 0 Å². The minimum absolute atomic E-state index is 0.212. The average Bonchev–Trinajstić information content (AvgIpc) is 3.30. The monoisotopic (exact) mass is 382 g/mol. The first-order valence-corrected chi connectivity index (χ1v) is 9.57. The van der Waals surface area contributed by atoms with Crippen LogP contribution < -0.4 is 4.74 Å². The lowest BCUT2D eigenvalue weighted by Crippen LogP contribution is -2.11. The molecule has 1 fully saturated rings. The van der Waals surface area contributed by atoms with Crippen LogP contribution in [-0.4, -0.2) is 44.2 Å². The first kappa shape index (κ1) is 17.5. The molecule has 0 radical (unpaired) electrons. The van der Waals surface area contributed by atoms with Crippen molar-refractivity contribution in [2.75, 3.05) is 13.2 Å². The second-order valence-electron chi connectivity index (χ2n) is 5.85. The number of hydrogen-bond acceptors (Lipinski definition) is 7. The Bertz CT molecular complexity index is 945. The molecule has 3 heterocycles. The normalized spacial score (nSPS) is 16.3. The fourth-order valence-electron chi connectivity index (χ4n) is 2.88. The van der Waals surface area contributed by atoms with E-state index in [2.05, 4.69) is 15.2 Å². The Kier molecular flexibility index (Phi) is 5.06. The molecule has 0 N–H and O–H groups in total. The van der Waals surface area contributed by atoms with Gasteiger partial charge >= 0.3 is 5.97 Å². The van der Waals surface area contributed by atoms with Crippen LogP contribution in [-0.2, 0) is 9.53 Å². The van der Waals surface area contributed by atoms with Crippen LogP contribution in [0.5, 0.6) is 5.75 Å². The number of benzene rings is 1. The van der Waals surface area contributed by atoms with Gasteiger partial charge in [-0.25, -0.2) is 0 Å². The molecule has 2 aromatic heterocycles. The predicted octanol–water partition coefficient (Wildman–Crippen LogP) is 3.14. The third kappa shape index (κ3) is 3.52. The van der Waals surface area contributed by atoms with Crippen molar-refractivity contribution in [2.24, 2.45) is 0 Å². The molecular weight excluding hydrogens is 364 g/mol. The number of cyclic esters (lactones) is 1. The fourth-order valence-corrected chi connectivity index (χ4v) is 3.89. The summed E-state index contributed by atoms with van der Waals surface area (Å²) in [4.78, 5) is 16.1. The molecule has 8 heteroatoms. The van der Waals surface area contributed by atoms with Crippen LogP contribution in [0.1, 0.15) is 13.3 Å². The number of pyridine rings is 1. The van der Waals surface area contributed by atoms with E-state index in [-0.39, 0.29) is 11.2 Å². The highest BCUT2D eigenvalue weighted by atomic mass is 32.2. The zero-order valence-corrected chi connectivity index (χ0v) is 15.6. The summed E-state index contributed by atoms with van der Waals surface area (Å²) in [5.74, 6) is 1.15. The van der Waals surface area contributed by atoms with E-state index in [1.54, 1.807) is 12.4 Å². The maximum Gasteiger partial charge on any atom is 0.319 e. The third-order valence-corrected chi connectivity index (χ3v) is 5.28. The van der Waals surface area contributed by atoms with E-state index in [4.69, 9.17) is 9.47 Å². The Morgan fingerprint density at radius 2 is 2.15 bits per heavy atom. The molecule has 0 bridgehead atoms. The minimum Gasteiger partial charge on any atom is -0.492 e. The van der Waals surface area contributed by atoms with Crippen molar-refractivity contribution < 1.29 is 14.3 Å². The summed E-state index contributed by atoms with van der Waals surface area (Å²) in [6, 6.07) is 11.5. The molecule has 0 saturated carbocycles. The second kappa shape index (κ2) is 7.79. The second-order valence-corrected chi connectivity index (χ2v) is 7.02. The highest BCUT2D eigenvalue weighted by Crippen LogP contribution is 2.35. The molecule has 1 aromatic carbocycles. The summed E-state index contributed by atoms with van der Waals surface area (Å²) in [6.45, 7) is 2.92. The maximum absolute atomic E-state index is 11.9. The van der Waals surface area contributed by atoms with Gasteiger partial charge in [0.25, 0.3) is 0 Å². The summed E-state index contributed by atoms with van der Waals surface area (Å²) >= 11 is 1.36. The van der Waals surface area contributed by atoms with Gasteiger partial charge in [-0.1, -0.05) is 23.9 Å². The minimum atomic E-state index is -0.283. The van der Waals surface area contributed by atoms with Gasteiger partial charge in [0.1, 0.15) is 11.0 Å². The number of aromatic nitrogens is 4. The first-order valence-electron chi connectivity index (χ1n) is 8.69. The van der Waals surface area contributed by atoms with E-state index in [0.717, 1.165) is 17.0 Å². The van der Waals surface area contributed by atoms with Crippen molar-refractivity contribution in [2.45, 2.75) is 23.8 Å². The summed E-state index contributed by atoms with van der Waals surface area (Å²) in [5, 5.41) is 9.06. The number of para-hydroxylation sites is 2. The Labute approximate surface area is 160 Å². The molecule has 1 atom stereocenters. The third-order valence-electron chi connectivity index (χ3n) is 4.09. The van der Waals surface area contributed by atoms with E-state index in [1.165, 1.54) is 11.8 Å². The van der Waals surface area contributed by atoms with Crippen molar-refractivity contribution in [3.8, 4) is 22.8 Å². The molecule has 4 rings (SSSR count). The standard InChI is InChI=1S/C19H18N4O3S/c1-2-25-15-8-4-3-7-14(15)23-17(13-6-5-10-20-12-13)21-22-19(23)27-16-9-11-26-18(16)24/h3-8,10,12,16H,2,9,11H2,1H3/t16-/m1/s1. The van der Waals surface area contributed by atoms with E-state index in [0.29, 0.717) is 30.6 Å². The molecule has 138 valence electrons. The Hall–Kier alpha value is -2.87. The Morgan fingerprint density at radius 3 is 2.89 bits per heavy atom. The lowest BCUT2D eigenvalue weighted by molar-refractivity contribution is -0.137. The average molecular weight is 382 g/mol. The summed E-state index contributed by atoms with van der Waals surface area (Å²) in [6.07, 6.45) is 4.11. The molecule has 0 aliphatic carbocycles. The lowest BCUT2D eigenvalue weighted by Gasteiger charge is -2.15. The smallest absolute Gasteiger partial charge is 0.319 e. The number of esters is 1. The largest absolute Gasteiger partial charge is 0.492 e. The molecule has 0 amide bonds. The zero-order valence-electron chi connectivity index (χ0n) is 14.7. The van der Waals surface area contributed by atoms with Crippen LogP contribution in [0.4, 0.5) is 0 Å². The van der Waals surface area contributed by atoms with Crippen molar-refractivity contribution in [1.29, 1.82) is 0 Å². The number of carbonyl (C=O) groups is 1. The number of rotatable bonds is 6. The van der Waals surface area contributed by atoms with Gasteiger partial charge in [0.2, 0.25) is 0 Å². The summed E-state index contributed by atoms with van der Waals surface area (Å²) in [7, 11) is 0. The molecule has 0 unspecified atom stereocenters. The van der Waals surface area contributed by atoms with E-state index < -0.39 is 0 Å². The zero-order chi connectivity index (χ0) is 18.6. The van der Waals surface area contributed by atoms with Gasteiger partial charge in [-0.05, 0) is 31.2 Å². The van der Waals surface area contributed by atoms with Crippen LogP contribution in [0.25, 0.3) is 17.1 Å². The molecule has 1 saturated heterocycles. The Balaban J connectivity index is 1.84. The molecule has 3 aromatic rings. The van der Waals surface area contributed by atoms with Crippen LogP contribution in [0.2, 0.25) is 0 Å². The van der Waals surface area contributed by atoms with Crippen LogP contribution in [0, 0.1) is 0 Å². The molecule has 0 spiro atoms. The van der Waals surface area contributed by atoms with Crippen molar-refractivity contribution in [1.82, 2.24) is 19.7 Å². The van der Waals surface area contributed by atoms with Gasteiger partial charge in [-0.15, -0.1) is 10.2 Å². The van der Waals surface area contributed by atoms with Gasteiger partial charge in [0, 0.05) is 24.4 Å². The lowest BCUT2D eigenvalue weighted by atomic mass is 10.2. The number of carbonyl (C=O) groups excluding carboxylic acids is 1. The summed E-state index contributed by atoms with van der Waals surface area (Å²) in [5.41, 5.74) is 1.65. The number of nitrogens with zero attached hydrogens (tertiary/aromatic N) is 4. The van der Waals surface area contributed by atoms with Gasteiger partial charge < -0.3 is 9.47 Å². The topological polar surface area (TPSA) is 79.1 Å². The van der Waals surface area contributed by atoms with Crippen molar-refractivity contribution >= 4 is 17.7 Å². The van der Waals surface area contributed by atoms with Crippen molar-refractivity contribution in [3.05, 3.63) is 48.8 Å². The van der Waals surface area contributed by atoms with Crippen molar-refractivity contribution in [3.63, 3.8) is 0 Å². The number of hydrogen-bond donors (Lipinski definition) is 0. The number of thioether (sulfide) groups is 1. The molecule has 7 nitrogen and oxygen atoms in total. The maximum atomic E-state index is 11.9. The van der Waals surface area contributed by atoms with Gasteiger partial charge in [0.15, 0.2) is 11.0 Å². The number of ether oxygens (including phenoxy) is 2. The predicted molar refractivity (Wildman–Crippen MR) is 101 cm³/mol. The van der Waals surface area contributed by atoms with Crippen LogP contribution in [0.3, 0.4) is 0 Å². The Morgan fingerprint density at radius 1 is 1.26 bits per heavy atom. The highest BCUT2D eigenvalue weighted by molar-refractivity contribution is 8.00. The molecule has 27 heavy (non-hydrogen) atoms. The fraction of sp³-hybridized carbons (Fsp3) is 0.263.